The molecule has 1 heterocycles. The summed E-state index contributed by atoms with van der Waals surface area (Å²) in [6, 6.07) is 1.68. The zero-order chi connectivity index (χ0) is 8.81. The minimum atomic E-state index is 0.525. The molecule has 0 aliphatic heterocycles. The lowest BCUT2D eigenvalue weighted by molar-refractivity contribution is 0.194. The summed E-state index contributed by atoms with van der Waals surface area (Å²) in [5, 5.41) is 0. The maximum atomic E-state index is 5.48. The summed E-state index contributed by atoms with van der Waals surface area (Å²) in [4.78, 5) is 8.12. The molecule has 66 valence electrons. The normalized spacial score (nSPS) is 10.1. The molecular formula is C8H13N3O. The Balaban J connectivity index is 2.41. The monoisotopic (exact) mass is 167 g/mol. The maximum absolute atomic E-state index is 5.48. The van der Waals surface area contributed by atoms with Gasteiger partial charge in [-0.15, -0.1) is 0 Å². The van der Waals surface area contributed by atoms with E-state index in [1.54, 1.807) is 19.4 Å². The van der Waals surface area contributed by atoms with E-state index >= 15 is 0 Å². The first-order valence-electron chi connectivity index (χ1n) is 3.89. The minimum Gasteiger partial charge on any atom is -0.385 e. The maximum Gasteiger partial charge on any atom is 0.130 e. The second-order valence-electron chi connectivity index (χ2n) is 2.49. The van der Waals surface area contributed by atoms with Crippen molar-refractivity contribution in [1.82, 2.24) is 9.97 Å². The second kappa shape index (κ2) is 4.66. The average molecular weight is 167 g/mol. The van der Waals surface area contributed by atoms with Crippen molar-refractivity contribution >= 4 is 5.82 Å². The molecule has 0 spiro atoms. The van der Waals surface area contributed by atoms with E-state index in [9.17, 15) is 0 Å². The van der Waals surface area contributed by atoms with Crippen LogP contribution >= 0.6 is 0 Å². The van der Waals surface area contributed by atoms with E-state index in [1.165, 1.54) is 0 Å². The smallest absolute Gasteiger partial charge is 0.130 e. The summed E-state index contributed by atoms with van der Waals surface area (Å²) in [6.45, 7) is 0.734. The lowest BCUT2D eigenvalue weighted by atomic mass is 10.3. The number of nitrogen functional groups attached to an aromatic ring is 1. The molecule has 0 amide bonds. The van der Waals surface area contributed by atoms with Gasteiger partial charge in [-0.1, -0.05) is 0 Å². The summed E-state index contributed by atoms with van der Waals surface area (Å²) < 4.78 is 4.91. The predicted octanol–water partition coefficient (Wildman–Crippen LogP) is 0.638. The molecule has 4 heteroatoms. The van der Waals surface area contributed by atoms with Gasteiger partial charge in [0.1, 0.15) is 11.6 Å². The lowest BCUT2D eigenvalue weighted by Crippen LogP contribution is -2.00. The Hall–Kier alpha value is -1.16. The lowest BCUT2D eigenvalue weighted by Gasteiger charge is -1.99. The molecule has 0 bridgehead atoms. The van der Waals surface area contributed by atoms with E-state index < -0.39 is 0 Å². The Kier molecular flexibility index (Phi) is 3.47. The molecule has 0 saturated carbocycles. The van der Waals surface area contributed by atoms with Crippen molar-refractivity contribution in [2.75, 3.05) is 19.5 Å². The van der Waals surface area contributed by atoms with Crippen molar-refractivity contribution in [1.29, 1.82) is 0 Å². The van der Waals surface area contributed by atoms with Crippen LogP contribution < -0.4 is 5.73 Å². The molecular weight excluding hydrogens is 154 g/mol. The molecule has 0 saturated heterocycles. The minimum absolute atomic E-state index is 0.525. The zero-order valence-electron chi connectivity index (χ0n) is 7.16. The predicted molar refractivity (Wildman–Crippen MR) is 46.6 cm³/mol. The summed E-state index contributed by atoms with van der Waals surface area (Å²) in [5.74, 6) is 1.31. The topological polar surface area (TPSA) is 61.0 Å². The van der Waals surface area contributed by atoms with Gasteiger partial charge in [0, 0.05) is 26.3 Å². The third-order valence-corrected chi connectivity index (χ3v) is 1.48. The fourth-order valence-corrected chi connectivity index (χ4v) is 0.910. The molecule has 2 N–H and O–H groups in total. The average Bonchev–Trinajstić information content (AvgIpc) is 2.05. The van der Waals surface area contributed by atoms with Crippen molar-refractivity contribution in [3.8, 4) is 0 Å². The van der Waals surface area contributed by atoms with Crippen LogP contribution in [0.25, 0.3) is 0 Å². The number of aryl methyl sites for hydroxylation is 1. The fraction of sp³-hybridized carbons (Fsp3) is 0.500. The van der Waals surface area contributed by atoms with Crippen LogP contribution in [0.1, 0.15) is 12.2 Å². The number of aromatic nitrogens is 2. The SMILES string of the molecule is COCCCc1nccc(N)n1. The molecule has 1 rings (SSSR count). The Labute approximate surface area is 71.8 Å². The molecule has 0 radical (unpaired) electrons. The molecule has 0 aliphatic rings. The van der Waals surface area contributed by atoms with Crippen LogP contribution in [0.5, 0.6) is 0 Å². The molecule has 1 aromatic rings. The molecule has 0 unspecified atom stereocenters. The fourth-order valence-electron chi connectivity index (χ4n) is 0.910. The first-order chi connectivity index (χ1) is 5.83. The Morgan fingerprint density at radius 3 is 3.08 bits per heavy atom. The van der Waals surface area contributed by atoms with E-state index in [2.05, 4.69) is 9.97 Å². The second-order valence-corrected chi connectivity index (χ2v) is 2.49. The molecule has 0 aliphatic carbocycles. The van der Waals surface area contributed by atoms with Gasteiger partial charge < -0.3 is 10.5 Å². The highest BCUT2D eigenvalue weighted by atomic mass is 16.5. The van der Waals surface area contributed by atoms with Gasteiger partial charge in [0.05, 0.1) is 0 Å². The van der Waals surface area contributed by atoms with E-state index in [0.717, 1.165) is 25.3 Å². The third kappa shape index (κ3) is 2.84. The van der Waals surface area contributed by atoms with Gasteiger partial charge in [0.15, 0.2) is 0 Å². The number of rotatable bonds is 4. The number of methoxy groups -OCH3 is 1. The van der Waals surface area contributed by atoms with E-state index in [4.69, 9.17) is 10.5 Å². The largest absolute Gasteiger partial charge is 0.385 e. The van der Waals surface area contributed by atoms with Crippen molar-refractivity contribution in [2.45, 2.75) is 12.8 Å². The third-order valence-electron chi connectivity index (χ3n) is 1.48. The molecule has 0 atom stereocenters. The van der Waals surface area contributed by atoms with Crippen LogP contribution in [0.2, 0.25) is 0 Å². The van der Waals surface area contributed by atoms with E-state index in [0.29, 0.717) is 5.82 Å². The van der Waals surface area contributed by atoms with Gasteiger partial charge in [0.25, 0.3) is 0 Å². The molecule has 12 heavy (non-hydrogen) atoms. The standard InChI is InChI=1S/C8H13N3O/c1-12-6-2-3-8-10-5-4-7(9)11-8/h4-5H,2-3,6H2,1H3,(H2,9,10,11). The quantitative estimate of drug-likeness (QED) is 0.668. The number of hydrogen-bond donors (Lipinski definition) is 1. The number of anilines is 1. The summed E-state index contributed by atoms with van der Waals surface area (Å²) in [5.41, 5.74) is 5.48. The van der Waals surface area contributed by atoms with Crippen LogP contribution in [-0.4, -0.2) is 23.7 Å². The van der Waals surface area contributed by atoms with Gasteiger partial charge in [-0.2, -0.15) is 0 Å². The van der Waals surface area contributed by atoms with Crippen molar-refractivity contribution in [3.05, 3.63) is 18.1 Å². The van der Waals surface area contributed by atoms with Crippen LogP contribution in [-0.2, 0) is 11.2 Å². The highest BCUT2D eigenvalue weighted by Gasteiger charge is 1.95. The summed E-state index contributed by atoms with van der Waals surface area (Å²) in [6.07, 6.45) is 3.42. The van der Waals surface area contributed by atoms with Crippen molar-refractivity contribution in [3.63, 3.8) is 0 Å². The van der Waals surface area contributed by atoms with Crippen molar-refractivity contribution < 1.29 is 4.74 Å². The van der Waals surface area contributed by atoms with Crippen LogP contribution in [0, 0.1) is 0 Å². The number of ether oxygens (including phenoxy) is 1. The highest BCUT2D eigenvalue weighted by Crippen LogP contribution is 1.99. The highest BCUT2D eigenvalue weighted by molar-refractivity contribution is 5.24. The summed E-state index contributed by atoms with van der Waals surface area (Å²) >= 11 is 0. The molecule has 0 aromatic carbocycles. The van der Waals surface area contributed by atoms with Gasteiger partial charge in [-0.05, 0) is 12.5 Å². The zero-order valence-corrected chi connectivity index (χ0v) is 7.16. The Bertz CT molecular complexity index is 239. The van der Waals surface area contributed by atoms with Gasteiger partial charge in [0.2, 0.25) is 0 Å². The summed E-state index contributed by atoms with van der Waals surface area (Å²) in [7, 11) is 1.68. The van der Waals surface area contributed by atoms with Crippen LogP contribution in [0.3, 0.4) is 0 Å². The van der Waals surface area contributed by atoms with Gasteiger partial charge >= 0.3 is 0 Å². The molecule has 1 aromatic heterocycles. The number of hydrogen-bond acceptors (Lipinski definition) is 4. The Morgan fingerprint density at radius 1 is 1.58 bits per heavy atom. The van der Waals surface area contributed by atoms with Gasteiger partial charge in [-0.3, -0.25) is 0 Å². The van der Waals surface area contributed by atoms with E-state index in [-0.39, 0.29) is 0 Å². The first-order valence-corrected chi connectivity index (χ1v) is 3.89. The van der Waals surface area contributed by atoms with Crippen molar-refractivity contribution in [2.24, 2.45) is 0 Å². The van der Waals surface area contributed by atoms with Crippen LogP contribution in [0.4, 0.5) is 5.82 Å². The molecule has 4 nitrogen and oxygen atoms in total. The first kappa shape index (κ1) is 8.93. The number of nitrogens with zero attached hydrogens (tertiary/aromatic N) is 2. The van der Waals surface area contributed by atoms with Gasteiger partial charge in [-0.25, -0.2) is 9.97 Å². The number of nitrogens with two attached hydrogens (primary N) is 1. The molecule has 0 fully saturated rings. The van der Waals surface area contributed by atoms with E-state index in [1.807, 2.05) is 0 Å². The Morgan fingerprint density at radius 2 is 2.42 bits per heavy atom. The van der Waals surface area contributed by atoms with Crippen LogP contribution in [0.15, 0.2) is 12.3 Å².